The van der Waals surface area contributed by atoms with Crippen LogP contribution in [0.25, 0.3) is 0 Å². The minimum atomic E-state index is -0.407. The van der Waals surface area contributed by atoms with E-state index in [2.05, 4.69) is 4.90 Å². The summed E-state index contributed by atoms with van der Waals surface area (Å²) in [4.78, 5) is 14.4. The van der Waals surface area contributed by atoms with Crippen LogP contribution in [0.3, 0.4) is 0 Å². The van der Waals surface area contributed by atoms with Crippen LogP contribution in [0.5, 0.6) is 5.75 Å². The largest absolute Gasteiger partial charge is 0.496 e. The number of hydrogen-bond donors (Lipinski definition) is 0. The van der Waals surface area contributed by atoms with Gasteiger partial charge in [0, 0.05) is 12.3 Å². The first kappa shape index (κ1) is 14.3. The number of carbonyl (C=O) groups is 1. The second-order valence-corrected chi connectivity index (χ2v) is 5.73. The lowest BCUT2D eigenvalue weighted by Gasteiger charge is -2.19. The first-order valence-electron chi connectivity index (χ1n) is 6.37. The monoisotopic (exact) mass is 283 g/mol. The molecule has 0 saturated carbocycles. The number of benzene rings is 1. The Hall–Kier alpha value is -1.07. The Morgan fingerprint density at radius 3 is 3.05 bits per heavy atom. The van der Waals surface area contributed by atoms with E-state index in [1.807, 2.05) is 11.8 Å². The molecule has 1 aromatic rings. The number of methoxy groups -OCH3 is 1. The molecule has 0 spiro atoms. The summed E-state index contributed by atoms with van der Waals surface area (Å²) in [6, 6.07) is 4.06. The number of ketones is 1. The van der Waals surface area contributed by atoms with Gasteiger partial charge >= 0.3 is 0 Å². The van der Waals surface area contributed by atoms with Gasteiger partial charge in [0.2, 0.25) is 0 Å². The van der Waals surface area contributed by atoms with Crippen molar-refractivity contribution in [2.24, 2.45) is 0 Å². The number of thioether (sulfide) groups is 1. The van der Waals surface area contributed by atoms with Gasteiger partial charge in [-0.3, -0.25) is 9.69 Å². The number of hydrogen-bond acceptors (Lipinski definition) is 4. The van der Waals surface area contributed by atoms with E-state index in [9.17, 15) is 9.18 Å². The third-order valence-corrected chi connectivity index (χ3v) is 4.19. The molecule has 1 heterocycles. The minimum Gasteiger partial charge on any atom is -0.496 e. The van der Waals surface area contributed by atoms with Crippen molar-refractivity contribution in [3.8, 4) is 5.75 Å². The Labute approximate surface area is 117 Å². The van der Waals surface area contributed by atoms with E-state index < -0.39 is 5.82 Å². The van der Waals surface area contributed by atoms with Gasteiger partial charge in [-0.25, -0.2) is 4.39 Å². The maximum atomic E-state index is 13.3. The van der Waals surface area contributed by atoms with Crippen molar-refractivity contribution in [3.63, 3.8) is 0 Å². The van der Waals surface area contributed by atoms with Gasteiger partial charge in [0.1, 0.15) is 11.6 Å². The molecule has 0 amide bonds. The first-order valence-corrected chi connectivity index (χ1v) is 7.53. The van der Waals surface area contributed by atoms with E-state index in [-0.39, 0.29) is 5.78 Å². The van der Waals surface area contributed by atoms with Crippen LogP contribution in [0.2, 0.25) is 0 Å². The van der Waals surface area contributed by atoms with Crippen LogP contribution in [0, 0.1) is 5.82 Å². The van der Waals surface area contributed by atoms with Crippen molar-refractivity contribution >= 4 is 17.5 Å². The molecule has 0 aromatic heterocycles. The first-order chi connectivity index (χ1) is 9.20. The van der Waals surface area contributed by atoms with Crippen molar-refractivity contribution < 1.29 is 13.9 Å². The zero-order valence-corrected chi connectivity index (χ0v) is 11.8. The molecule has 2 rings (SSSR count). The normalized spacial score (nSPS) is 16.9. The van der Waals surface area contributed by atoms with Crippen LogP contribution in [0.15, 0.2) is 18.2 Å². The molecule has 1 fully saturated rings. The summed E-state index contributed by atoms with van der Waals surface area (Å²) in [6.07, 6.45) is 1.10. The molecule has 1 aliphatic heterocycles. The van der Waals surface area contributed by atoms with Crippen LogP contribution in [0.4, 0.5) is 4.39 Å². The predicted octanol–water partition coefficient (Wildman–Crippen LogP) is 2.46. The Morgan fingerprint density at radius 2 is 2.26 bits per heavy atom. The molecule has 0 aliphatic carbocycles. The molecule has 1 aliphatic rings. The lowest BCUT2D eigenvalue weighted by molar-refractivity contribution is 0.0932. The number of rotatable bonds is 4. The molecule has 1 saturated heterocycles. The van der Waals surface area contributed by atoms with Gasteiger partial charge < -0.3 is 4.74 Å². The number of halogens is 1. The summed E-state index contributed by atoms with van der Waals surface area (Å²) in [5, 5.41) is 0. The molecule has 104 valence electrons. The van der Waals surface area contributed by atoms with E-state index >= 15 is 0 Å². The topological polar surface area (TPSA) is 29.5 Å². The van der Waals surface area contributed by atoms with E-state index in [0.717, 1.165) is 31.0 Å². The lowest BCUT2D eigenvalue weighted by Crippen LogP contribution is -2.32. The van der Waals surface area contributed by atoms with E-state index in [0.29, 0.717) is 17.9 Å². The highest BCUT2D eigenvalue weighted by Crippen LogP contribution is 2.20. The van der Waals surface area contributed by atoms with E-state index in [1.165, 1.54) is 25.3 Å². The van der Waals surface area contributed by atoms with Crippen molar-refractivity contribution in [1.29, 1.82) is 0 Å². The highest BCUT2D eigenvalue weighted by molar-refractivity contribution is 7.99. The predicted molar refractivity (Wildman–Crippen MR) is 75.7 cm³/mol. The van der Waals surface area contributed by atoms with Gasteiger partial charge in [0.25, 0.3) is 0 Å². The second kappa shape index (κ2) is 6.91. The molecule has 0 bridgehead atoms. The summed E-state index contributed by atoms with van der Waals surface area (Å²) in [6.45, 7) is 2.17. The van der Waals surface area contributed by atoms with Gasteiger partial charge in [0.05, 0.1) is 19.2 Å². The fraction of sp³-hybridized carbons (Fsp3) is 0.500. The molecule has 0 radical (unpaired) electrons. The lowest BCUT2D eigenvalue weighted by atomic mass is 10.1. The van der Waals surface area contributed by atoms with Crippen LogP contribution in [-0.4, -0.2) is 48.9 Å². The minimum absolute atomic E-state index is 0.0803. The van der Waals surface area contributed by atoms with Gasteiger partial charge in [-0.2, -0.15) is 11.8 Å². The average Bonchev–Trinajstić information content (AvgIpc) is 2.67. The van der Waals surface area contributed by atoms with Crippen LogP contribution in [0.1, 0.15) is 16.8 Å². The molecule has 0 N–H and O–H groups in total. The van der Waals surface area contributed by atoms with Gasteiger partial charge in [-0.15, -0.1) is 0 Å². The van der Waals surface area contributed by atoms with Crippen LogP contribution < -0.4 is 4.74 Å². The number of Topliss-reactive ketones (excluding diaryl/α,β-unsaturated/α-hetero) is 1. The fourth-order valence-electron chi connectivity index (χ4n) is 2.14. The third-order valence-electron chi connectivity index (χ3n) is 3.14. The second-order valence-electron chi connectivity index (χ2n) is 4.51. The smallest absolute Gasteiger partial charge is 0.180 e. The van der Waals surface area contributed by atoms with E-state index in [1.54, 1.807) is 0 Å². The number of carbonyl (C=O) groups excluding carboxylic acids is 1. The zero-order chi connectivity index (χ0) is 13.7. The van der Waals surface area contributed by atoms with Crippen molar-refractivity contribution in [2.45, 2.75) is 6.42 Å². The van der Waals surface area contributed by atoms with Crippen molar-refractivity contribution in [2.75, 3.05) is 38.2 Å². The molecule has 1 aromatic carbocycles. The molecule has 0 atom stereocenters. The summed E-state index contributed by atoms with van der Waals surface area (Å²) >= 11 is 1.91. The molecule has 3 nitrogen and oxygen atoms in total. The molecule has 0 unspecified atom stereocenters. The highest BCUT2D eigenvalue weighted by atomic mass is 32.2. The fourth-order valence-corrected chi connectivity index (χ4v) is 3.07. The molecule has 5 heteroatoms. The Bertz CT molecular complexity index is 445. The Kier molecular flexibility index (Phi) is 5.22. The summed E-state index contributed by atoms with van der Waals surface area (Å²) in [7, 11) is 1.49. The summed E-state index contributed by atoms with van der Waals surface area (Å²) in [5.41, 5.74) is 0.333. The molecular formula is C14H18FNO2S. The highest BCUT2D eigenvalue weighted by Gasteiger charge is 2.18. The van der Waals surface area contributed by atoms with Gasteiger partial charge in [-0.1, -0.05) is 0 Å². The van der Waals surface area contributed by atoms with Crippen LogP contribution in [-0.2, 0) is 0 Å². The third kappa shape index (κ3) is 3.94. The Morgan fingerprint density at radius 1 is 1.42 bits per heavy atom. The maximum Gasteiger partial charge on any atom is 0.180 e. The van der Waals surface area contributed by atoms with Crippen molar-refractivity contribution in [3.05, 3.63) is 29.6 Å². The van der Waals surface area contributed by atoms with Crippen LogP contribution >= 0.6 is 11.8 Å². The average molecular weight is 283 g/mol. The standard InChI is InChI=1S/C14H18FNO2S/c1-18-14-4-3-11(15)9-12(14)13(17)10-16-5-2-7-19-8-6-16/h3-4,9H,2,5-8,10H2,1H3. The quantitative estimate of drug-likeness (QED) is 0.794. The zero-order valence-electron chi connectivity index (χ0n) is 11.0. The number of nitrogens with zero attached hydrogens (tertiary/aromatic N) is 1. The van der Waals surface area contributed by atoms with Gasteiger partial charge in [-0.05, 0) is 36.9 Å². The Balaban J connectivity index is 2.08. The van der Waals surface area contributed by atoms with Crippen molar-refractivity contribution in [1.82, 2.24) is 4.90 Å². The SMILES string of the molecule is COc1ccc(F)cc1C(=O)CN1CCCSCC1. The molecular weight excluding hydrogens is 265 g/mol. The summed E-state index contributed by atoms with van der Waals surface area (Å²) in [5.74, 6) is 2.15. The van der Waals surface area contributed by atoms with E-state index in [4.69, 9.17) is 4.74 Å². The maximum absolute atomic E-state index is 13.3. The molecule has 19 heavy (non-hydrogen) atoms. The summed E-state index contributed by atoms with van der Waals surface area (Å²) < 4.78 is 18.4. The van der Waals surface area contributed by atoms with Gasteiger partial charge in [0.15, 0.2) is 5.78 Å². The number of ether oxygens (including phenoxy) is 1.